The van der Waals surface area contributed by atoms with Crippen molar-refractivity contribution in [3.05, 3.63) is 0 Å². The molecule has 0 aliphatic carbocycles. The van der Waals surface area contributed by atoms with Crippen LogP contribution in [0.3, 0.4) is 0 Å². The molecule has 0 bridgehead atoms. The predicted octanol–water partition coefficient (Wildman–Crippen LogP) is 0.613. The van der Waals surface area contributed by atoms with E-state index in [0.717, 1.165) is 19.3 Å². The first kappa shape index (κ1) is 13.4. The van der Waals surface area contributed by atoms with E-state index in [-0.39, 0.29) is 6.61 Å². The van der Waals surface area contributed by atoms with Crippen LogP contribution in [-0.4, -0.2) is 32.1 Å². The molecule has 16 heavy (non-hydrogen) atoms. The van der Waals surface area contributed by atoms with Crippen LogP contribution in [0.15, 0.2) is 0 Å². The summed E-state index contributed by atoms with van der Waals surface area (Å²) in [5.41, 5.74) is 0. The lowest BCUT2D eigenvalue weighted by Crippen LogP contribution is -2.58. The molecule has 0 radical (unpaired) electrons. The first-order chi connectivity index (χ1) is 7.42. The fourth-order valence-corrected chi connectivity index (χ4v) is 1.98. The molecule has 0 amide bonds. The molecule has 1 saturated heterocycles. The zero-order chi connectivity index (χ0) is 12.2. The van der Waals surface area contributed by atoms with Crippen molar-refractivity contribution in [2.45, 2.75) is 38.6 Å². The fraction of sp³-hybridized carbons (Fsp3) is 0.875. The van der Waals surface area contributed by atoms with Crippen molar-refractivity contribution in [2.24, 2.45) is 0 Å². The number of carboxylic acids is 1. The summed E-state index contributed by atoms with van der Waals surface area (Å²) in [6.45, 7) is 2.10. The summed E-state index contributed by atoms with van der Waals surface area (Å²) in [6, 6.07) is 0. The lowest BCUT2D eigenvalue weighted by atomic mass is 10.2. The van der Waals surface area contributed by atoms with Crippen molar-refractivity contribution < 1.29 is 31.4 Å². The third-order valence-electron chi connectivity index (χ3n) is 1.98. The predicted molar refractivity (Wildman–Crippen MR) is 51.6 cm³/mol. The number of carbonyl (C=O) groups is 1. The minimum absolute atomic E-state index is 0.0713. The molecule has 0 spiro atoms. The van der Waals surface area contributed by atoms with E-state index in [0.29, 0.717) is 6.42 Å². The van der Waals surface area contributed by atoms with Gasteiger partial charge in [-0.3, -0.25) is 0 Å². The molecule has 1 heterocycles. The van der Waals surface area contributed by atoms with Gasteiger partial charge < -0.3 is 9.84 Å². The molecule has 1 aliphatic rings. The molecule has 0 saturated carbocycles. The summed E-state index contributed by atoms with van der Waals surface area (Å²) in [5, 5.41) is 8.68. The normalized spacial score (nSPS) is 21.3. The minimum atomic E-state index is -4.19. The first-order valence-electron chi connectivity index (χ1n) is 4.95. The van der Waals surface area contributed by atoms with Crippen LogP contribution in [0.5, 0.6) is 0 Å². The third kappa shape index (κ3) is 3.14. The molecule has 0 aromatic rings. The summed E-state index contributed by atoms with van der Waals surface area (Å²) < 4.78 is 34.1. The second kappa shape index (κ2) is 5.09. The Hall–Kier alpha value is -0.700. The van der Waals surface area contributed by atoms with E-state index in [4.69, 9.17) is 9.84 Å². The molecule has 1 fully saturated rings. The maximum Gasteiger partial charge on any atom is 0.419 e. The van der Waals surface area contributed by atoms with Crippen LogP contribution < -0.4 is 0 Å². The largest absolute Gasteiger partial charge is 0.475 e. The van der Waals surface area contributed by atoms with E-state index < -0.39 is 22.3 Å². The molecule has 0 aromatic heterocycles. The summed E-state index contributed by atoms with van der Waals surface area (Å²) in [5.74, 6) is -4.08. The van der Waals surface area contributed by atoms with E-state index in [2.05, 4.69) is 8.37 Å². The smallest absolute Gasteiger partial charge is 0.419 e. The number of rotatable bonds is 7. The average molecular weight is 254 g/mol. The Morgan fingerprint density at radius 1 is 1.31 bits per heavy atom. The highest BCUT2D eigenvalue weighted by Crippen LogP contribution is 2.32. The lowest BCUT2D eigenvalue weighted by Gasteiger charge is -2.33. The average Bonchev–Trinajstić information content (AvgIpc) is 2.13. The van der Waals surface area contributed by atoms with Gasteiger partial charge in [-0.2, -0.15) is 16.8 Å². The minimum Gasteiger partial charge on any atom is -0.475 e. The van der Waals surface area contributed by atoms with Gasteiger partial charge in [0.05, 0.1) is 6.61 Å². The van der Waals surface area contributed by atoms with Crippen LogP contribution in [-0.2, 0) is 28.3 Å². The zero-order valence-corrected chi connectivity index (χ0v) is 9.66. The number of aliphatic carboxylic acids is 1. The summed E-state index contributed by atoms with van der Waals surface area (Å²) >= 11 is 0. The van der Waals surface area contributed by atoms with E-state index in [1.807, 2.05) is 6.92 Å². The van der Waals surface area contributed by atoms with E-state index in [9.17, 15) is 13.2 Å². The monoisotopic (exact) mass is 254 g/mol. The van der Waals surface area contributed by atoms with Gasteiger partial charge in [-0.1, -0.05) is 26.2 Å². The molecule has 0 aromatic carbocycles. The van der Waals surface area contributed by atoms with Crippen LogP contribution in [0.1, 0.15) is 32.6 Å². The topological polar surface area (TPSA) is 99.1 Å². The van der Waals surface area contributed by atoms with Gasteiger partial charge >= 0.3 is 22.3 Å². The molecule has 0 unspecified atom stereocenters. The number of ether oxygens (including phenoxy) is 1. The van der Waals surface area contributed by atoms with Crippen molar-refractivity contribution in [1.82, 2.24) is 0 Å². The van der Waals surface area contributed by atoms with E-state index in [1.54, 1.807) is 0 Å². The van der Waals surface area contributed by atoms with Crippen LogP contribution >= 0.6 is 0 Å². The van der Waals surface area contributed by atoms with Gasteiger partial charge in [0.2, 0.25) is 0 Å². The Labute approximate surface area is 93.6 Å². The van der Waals surface area contributed by atoms with Gasteiger partial charge in [0.15, 0.2) is 0 Å². The van der Waals surface area contributed by atoms with Crippen molar-refractivity contribution >= 4 is 16.4 Å². The van der Waals surface area contributed by atoms with Gasteiger partial charge in [-0.25, -0.2) is 4.79 Å². The maximum absolute atomic E-state index is 10.7. The van der Waals surface area contributed by atoms with Crippen molar-refractivity contribution in [3.8, 4) is 0 Å². The Kier molecular flexibility index (Phi) is 4.25. The second-order valence-electron chi connectivity index (χ2n) is 3.35. The quantitative estimate of drug-likeness (QED) is 0.664. The van der Waals surface area contributed by atoms with Gasteiger partial charge in [0.25, 0.3) is 0 Å². The maximum atomic E-state index is 10.7. The molecular formula is C8H14O7S. The van der Waals surface area contributed by atoms with Gasteiger partial charge in [0.1, 0.15) is 0 Å². The highest BCUT2D eigenvalue weighted by molar-refractivity contribution is 7.82. The molecule has 8 heteroatoms. The van der Waals surface area contributed by atoms with Gasteiger partial charge in [0, 0.05) is 0 Å². The number of hydrogen-bond acceptors (Lipinski definition) is 6. The number of carboxylic acid groups (broad SMARTS) is 1. The summed E-state index contributed by atoms with van der Waals surface area (Å²) in [7, 11) is -4.19. The summed E-state index contributed by atoms with van der Waals surface area (Å²) in [4.78, 5) is 10.7. The van der Waals surface area contributed by atoms with Crippen molar-refractivity contribution in [3.63, 3.8) is 0 Å². The Morgan fingerprint density at radius 2 is 1.94 bits per heavy atom. The second-order valence-corrected chi connectivity index (χ2v) is 4.50. The van der Waals surface area contributed by atoms with E-state index >= 15 is 0 Å². The third-order valence-corrected chi connectivity index (χ3v) is 2.82. The fourth-order valence-electron chi connectivity index (χ4n) is 1.19. The molecule has 1 rings (SSSR count). The zero-order valence-electron chi connectivity index (χ0n) is 8.84. The van der Waals surface area contributed by atoms with Crippen LogP contribution in [0.25, 0.3) is 0 Å². The molecule has 0 atom stereocenters. The molecule has 1 N–H and O–H groups in total. The summed E-state index contributed by atoms with van der Waals surface area (Å²) in [6.07, 6.45) is 3.53. The van der Waals surface area contributed by atoms with Crippen molar-refractivity contribution in [2.75, 3.05) is 6.61 Å². The van der Waals surface area contributed by atoms with Crippen LogP contribution in [0.4, 0.5) is 0 Å². The number of unbranched alkanes of at least 4 members (excludes halogenated alkanes) is 3. The van der Waals surface area contributed by atoms with Gasteiger partial charge in [-0.05, 0) is 6.42 Å². The highest BCUT2D eigenvalue weighted by Gasteiger charge is 2.61. The Morgan fingerprint density at radius 3 is 2.38 bits per heavy atom. The Balaban J connectivity index is 2.35. The first-order valence-corrected chi connectivity index (χ1v) is 6.29. The standard InChI is InChI=1S/C8H14O7S/c1-2-3-4-5-6-13-8(7(9)10)14-16(11,12)15-8/h2-6H2,1H3,(H,9,10). The molecule has 1 aliphatic heterocycles. The van der Waals surface area contributed by atoms with E-state index in [1.165, 1.54) is 0 Å². The SMILES string of the molecule is CCCCCCOC1(C(=O)O)OS(=O)(=O)O1. The molecule has 7 nitrogen and oxygen atoms in total. The molecule has 94 valence electrons. The van der Waals surface area contributed by atoms with Crippen molar-refractivity contribution in [1.29, 1.82) is 0 Å². The number of hydrogen-bond donors (Lipinski definition) is 1. The van der Waals surface area contributed by atoms with Crippen LogP contribution in [0.2, 0.25) is 0 Å². The highest BCUT2D eigenvalue weighted by atomic mass is 32.3. The lowest BCUT2D eigenvalue weighted by molar-refractivity contribution is -0.334. The van der Waals surface area contributed by atoms with Gasteiger partial charge in [-0.15, -0.1) is 0 Å². The molecular weight excluding hydrogens is 240 g/mol. The Bertz CT molecular complexity index is 335. The van der Waals surface area contributed by atoms with Crippen LogP contribution in [0, 0.1) is 0 Å².